The monoisotopic (exact) mass is 305 g/mol. The lowest BCUT2D eigenvalue weighted by Crippen LogP contribution is -2.44. The van der Waals surface area contributed by atoms with Crippen LogP contribution in [0.2, 0.25) is 0 Å². The summed E-state index contributed by atoms with van der Waals surface area (Å²) in [5, 5.41) is 12.7. The van der Waals surface area contributed by atoms with Gasteiger partial charge < -0.3 is 15.2 Å². The second-order valence-electron chi connectivity index (χ2n) is 6.97. The summed E-state index contributed by atoms with van der Waals surface area (Å²) in [4.78, 5) is 12.3. The molecular weight excluding hydrogens is 278 g/mol. The third-order valence-corrected chi connectivity index (χ3v) is 4.71. The van der Waals surface area contributed by atoms with Crippen molar-refractivity contribution in [2.24, 2.45) is 5.41 Å². The molecule has 0 unspecified atom stereocenters. The van der Waals surface area contributed by atoms with E-state index in [1.807, 2.05) is 18.2 Å². The second kappa shape index (κ2) is 7.25. The highest BCUT2D eigenvalue weighted by atomic mass is 16.5. The first-order valence-electron chi connectivity index (χ1n) is 7.98. The number of ether oxygens (including phenoxy) is 1. The van der Waals surface area contributed by atoms with Gasteiger partial charge in [-0.05, 0) is 23.8 Å². The van der Waals surface area contributed by atoms with E-state index in [-0.39, 0.29) is 23.3 Å². The third kappa shape index (κ3) is 4.31. The minimum absolute atomic E-state index is 0.0353. The molecule has 0 spiro atoms. The van der Waals surface area contributed by atoms with Crippen molar-refractivity contribution in [3.05, 3.63) is 35.9 Å². The summed E-state index contributed by atoms with van der Waals surface area (Å²) in [5.41, 5.74) is 0.742. The normalized spacial score (nSPS) is 18.0. The third-order valence-electron chi connectivity index (χ3n) is 4.71. The van der Waals surface area contributed by atoms with Gasteiger partial charge in [0.25, 0.3) is 0 Å². The molecule has 1 aromatic carbocycles. The lowest BCUT2D eigenvalue weighted by molar-refractivity contribution is -0.123. The van der Waals surface area contributed by atoms with E-state index in [4.69, 9.17) is 4.74 Å². The fraction of sp³-hybridized carbons (Fsp3) is 0.611. The van der Waals surface area contributed by atoms with Gasteiger partial charge in [-0.15, -0.1) is 0 Å². The predicted octanol–water partition coefficient (Wildman–Crippen LogP) is 2.26. The first kappa shape index (κ1) is 17.0. The van der Waals surface area contributed by atoms with Crippen LogP contribution in [0.3, 0.4) is 0 Å². The van der Waals surface area contributed by atoms with Gasteiger partial charge in [0.1, 0.15) is 0 Å². The Balaban J connectivity index is 1.89. The second-order valence-corrected chi connectivity index (χ2v) is 6.97. The van der Waals surface area contributed by atoms with Gasteiger partial charge in [-0.1, -0.05) is 44.2 Å². The van der Waals surface area contributed by atoms with Gasteiger partial charge in [-0.2, -0.15) is 0 Å². The fourth-order valence-corrected chi connectivity index (χ4v) is 2.94. The molecule has 4 heteroatoms. The Bertz CT molecular complexity index is 478. The first-order chi connectivity index (χ1) is 10.5. The zero-order valence-electron chi connectivity index (χ0n) is 13.6. The van der Waals surface area contributed by atoms with E-state index in [1.54, 1.807) is 0 Å². The van der Waals surface area contributed by atoms with E-state index in [0.29, 0.717) is 26.2 Å². The molecule has 1 aromatic rings. The van der Waals surface area contributed by atoms with Crippen LogP contribution < -0.4 is 5.32 Å². The van der Waals surface area contributed by atoms with Crippen molar-refractivity contribution < 1.29 is 14.6 Å². The number of carbonyl (C=O) groups excluding carboxylic acids is 1. The SMILES string of the molecule is CC(C)(CC(=O)NCC1(CO)CCOCC1)c1ccccc1. The van der Waals surface area contributed by atoms with Crippen molar-refractivity contribution >= 4 is 5.91 Å². The van der Waals surface area contributed by atoms with E-state index in [2.05, 4.69) is 31.3 Å². The molecule has 1 amide bonds. The van der Waals surface area contributed by atoms with Crippen molar-refractivity contribution in [1.82, 2.24) is 5.32 Å². The number of aliphatic hydroxyl groups is 1. The molecule has 0 aliphatic carbocycles. The van der Waals surface area contributed by atoms with Crippen LogP contribution in [0.1, 0.15) is 38.7 Å². The van der Waals surface area contributed by atoms with Gasteiger partial charge in [0.2, 0.25) is 5.91 Å². The molecule has 0 saturated carbocycles. The smallest absolute Gasteiger partial charge is 0.220 e. The summed E-state index contributed by atoms with van der Waals surface area (Å²) in [7, 11) is 0. The summed E-state index contributed by atoms with van der Waals surface area (Å²) in [6, 6.07) is 10.1. The van der Waals surface area contributed by atoms with Crippen LogP contribution in [-0.2, 0) is 14.9 Å². The van der Waals surface area contributed by atoms with E-state index < -0.39 is 0 Å². The summed E-state index contributed by atoms with van der Waals surface area (Å²) in [6.45, 7) is 6.10. The topological polar surface area (TPSA) is 58.6 Å². The Labute approximate surface area is 132 Å². The highest BCUT2D eigenvalue weighted by Gasteiger charge is 2.33. The summed E-state index contributed by atoms with van der Waals surface area (Å²) < 4.78 is 5.35. The first-order valence-corrected chi connectivity index (χ1v) is 7.98. The van der Waals surface area contributed by atoms with Crippen LogP contribution >= 0.6 is 0 Å². The Kier molecular flexibility index (Phi) is 5.59. The van der Waals surface area contributed by atoms with Crippen LogP contribution in [0, 0.1) is 5.41 Å². The molecule has 4 nitrogen and oxygen atoms in total. The minimum atomic E-state index is -0.217. The molecule has 1 saturated heterocycles. The number of hydrogen-bond donors (Lipinski definition) is 2. The van der Waals surface area contributed by atoms with Crippen molar-refractivity contribution in [1.29, 1.82) is 0 Å². The van der Waals surface area contributed by atoms with Crippen molar-refractivity contribution in [3.63, 3.8) is 0 Å². The van der Waals surface area contributed by atoms with Crippen molar-refractivity contribution in [2.75, 3.05) is 26.4 Å². The molecule has 22 heavy (non-hydrogen) atoms. The Morgan fingerprint density at radius 1 is 1.27 bits per heavy atom. The van der Waals surface area contributed by atoms with Gasteiger partial charge in [-0.25, -0.2) is 0 Å². The number of amides is 1. The number of carbonyl (C=O) groups is 1. The van der Waals surface area contributed by atoms with Crippen molar-refractivity contribution in [3.8, 4) is 0 Å². The van der Waals surface area contributed by atoms with Crippen molar-refractivity contribution in [2.45, 2.75) is 38.5 Å². The number of rotatable bonds is 6. The number of hydrogen-bond acceptors (Lipinski definition) is 3. The highest BCUT2D eigenvalue weighted by molar-refractivity contribution is 5.77. The molecule has 122 valence electrons. The van der Waals surface area contributed by atoms with Crippen LogP contribution in [0.15, 0.2) is 30.3 Å². The Morgan fingerprint density at radius 2 is 1.91 bits per heavy atom. The summed E-state index contributed by atoms with van der Waals surface area (Å²) in [6.07, 6.45) is 2.03. The number of nitrogens with one attached hydrogen (secondary N) is 1. The van der Waals surface area contributed by atoms with Crippen LogP contribution in [0.25, 0.3) is 0 Å². The fourth-order valence-electron chi connectivity index (χ4n) is 2.94. The summed E-state index contributed by atoms with van der Waals surface area (Å²) >= 11 is 0. The highest BCUT2D eigenvalue weighted by Crippen LogP contribution is 2.30. The molecular formula is C18H27NO3. The van der Waals surface area contributed by atoms with Gasteiger partial charge in [0.15, 0.2) is 0 Å². The molecule has 1 heterocycles. The van der Waals surface area contributed by atoms with E-state index in [0.717, 1.165) is 18.4 Å². The minimum Gasteiger partial charge on any atom is -0.396 e. The molecule has 1 aliphatic rings. The lowest BCUT2D eigenvalue weighted by Gasteiger charge is -2.36. The van der Waals surface area contributed by atoms with Crippen LogP contribution in [-0.4, -0.2) is 37.4 Å². The average molecular weight is 305 g/mol. The standard InChI is InChI=1S/C18H27NO3/c1-17(2,15-6-4-3-5-7-15)12-16(21)19-13-18(14-20)8-10-22-11-9-18/h3-7,20H,8-14H2,1-2H3,(H,19,21). The number of benzene rings is 1. The Morgan fingerprint density at radius 3 is 2.50 bits per heavy atom. The zero-order valence-corrected chi connectivity index (χ0v) is 13.6. The lowest BCUT2D eigenvalue weighted by atomic mass is 9.79. The predicted molar refractivity (Wildman–Crippen MR) is 86.7 cm³/mol. The van der Waals surface area contributed by atoms with E-state index in [9.17, 15) is 9.90 Å². The maximum atomic E-state index is 12.3. The van der Waals surface area contributed by atoms with E-state index >= 15 is 0 Å². The molecule has 0 bridgehead atoms. The number of aliphatic hydroxyl groups excluding tert-OH is 1. The molecule has 0 atom stereocenters. The molecule has 1 aliphatic heterocycles. The van der Waals surface area contributed by atoms with Gasteiger partial charge >= 0.3 is 0 Å². The van der Waals surface area contributed by atoms with Crippen LogP contribution in [0.4, 0.5) is 0 Å². The van der Waals surface area contributed by atoms with Crippen LogP contribution in [0.5, 0.6) is 0 Å². The quantitative estimate of drug-likeness (QED) is 0.847. The maximum absolute atomic E-state index is 12.3. The molecule has 0 aromatic heterocycles. The maximum Gasteiger partial charge on any atom is 0.220 e. The zero-order chi connectivity index (χ0) is 16.1. The van der Waals surface area contributed by atoms with Gasteiger partial charge in [0.05, 0.1) is 6.61 Å². The molecule has 0 radical (unpaired) electrons. The molecule has 2 rings (SSSR count). The summed E-state index contributed by atoms with van der Waals surface area (Å²) in [5.74, 6) is 0.0353. The molecule has 2 N–H and O–H groups in total. The van der Waals surface area contributed by atoms with Gasteiger partial charge in [0, 0.05) is 31.6 Å². The largest absolute Gasteiger partial charge is 0.396 e. The van der Waals surface area contributed by atoms with Gasteiger partial charge in [-0.3, -0.25) is 4.79 Å². The van der Waals surface area contributed by atoms with E-state index in [1.165, 1.54) is 0 Å². The molecule has 1 fully saturated rings. The average Bonchev–Trinajstić information content (AvgIpc) is 2.54. The Hall–Kier alpha value is -1.39.